The van der Waals surface area contributed by atoms with Gasteiger partial charge in [-0.3, -0.25) is 0 Å². The first-order valence-electron chi connectivity index (χ1n) is 7.83. The Morgan fingerprint density at radius 2 is 1.92 bits per heavy atom. The van der Waals surface area contributed by atoms with E-state index >= 15 is 0 Å². The van der Waals surface area contributed by atoms with E-state index < -0.39 is 0 Å². The maximum absolute atomic E-state index is 13.9. The molecular formula is C19H16FN3S. The highest BCUT2D eigenvalue weighted by Crippen LogP contribution is 2.30. The van der Waals surface area contributed by atoms with Gasteiger partial charge in [-0.15, -0.1) is 0 Å². The molecule has 0 atom stereocenters. The Morgan fingerprint density at radius 1 is 1.08 bits per heavy atom. The largest absolute Gasteiger partial charge is 0.345 e. The van der Waals surface area contributed by atoms with E-state index in [1.807, 2.05) is 6.07 Å². The molecule has 0 saturated carbocycles. The van der Waals surface area contributed by atoms with Gasteiger partial charge in [0, 0.05) is 28.7 Å². The summed E-state index contributed by atoms with van der Waals surface area (Å²) in [7, 11) is 0. The normalized spacial score (nSPS) is 11.5. The van der Waals surface area contributed by atoms with Crippen LogP contribution in [0, 0.1) is 5.82 Å². The molecule has 0 fully saturated rings. The molecule has 2 heterocycles. The first-order chi connectivity index (χ1) is 11.6. The predicted octanol–water partition coefficient (Wildman–Crippen LogP) is 5.55. The van der Waals surface area contributed by atoms with Gasteiger partial charge in [0.1, 0.15) is 10.8 Å². The predicted molar refractivity (Wildman–Crippen MR) is 96.6 cm³/mol. The summed E-state index contributed by atoms with van der Waals surface area (Å²) in [5.41, 5.74) is 2.64. The third-order valence-electron chi connectivity index (χ3n) is 4.06. The summed E-state index contributed by atoms with van der Waals surface area (Å²) in [4.78, 5) is 4.52. The SMILES string of the molecule is CC(C)n1ccc2cc(-c3nc(-c4ccccc4F)ns3)ccc21. The second-order valence-corrected chi connectivity index (χ2v) is 6.75. The summed E-state index contributed by atoms with van der Waals surface area (Å²) in [5.74, 6) is 0.138. The second kappa shape index (κ2) is 5.83. The van der Waals surface area contributed by atoms with Crippen LogP contribution in [0.4, 0.5) is 4.39 Å². The van der Waals surface area contributed by atoms with E-state index in [1.165, 1.54) is 28.5 Å². The molecule has 24 heavy (non-hydrogen) atoms. The molecule has 4 aromatic rings. The Kier molecular flexibility index (Phi) is 3.65. The Labute approximate surface area is 143 Å². The van der Waals surface area contributed by atoms with Crippen LogP contribution in [0.1, 0.15) is 19.9 Å². The van der Waals surface area contributed by atoms with E-state index in [9.17, 15) is 4.39 Å². The highest BCUT2D eigenvalue weighted by atomic mass is 32.1. The van der Waals surface area contributed by atoms with Crippen LogP contribution >= 0.6 is 11.5 Å². The van der Waals surface area contributed by atoms with Crippen LogP contribution in [-0.2, 0) is 0 Å². The third kappa shape index (κ3) is 2.51. The average molecular weight is 337 g/mol. The maximum atomic E-state index is 13.9. The summed E-state index contributed by atoms with van der Waals surface area (Å²) in [6.07, 6.45) is 2.10. The van der Waals surface area contributed by atoms with Crippen molar-refractivity contribution in [3.05, 3.63) is 60.5 Å². The van der Waals surface area contributed by atoms with Gasteiger partial charge in [0.25, 0.3) is 0 Å². The Hall–Kier alpha value is -2.53. The fraction of sp³-hybridized carbons (Fsp3) is 0.158. The minimum atomic E-state index is -0.300. The van der Waals surface area contributed by atoms with Crippen molar-refractivity contribution in [3.63, 3.8) is 0 Å². The molecule has 0 radical (unpaired) electrons. The number of hydrogen-bond donors (Lipinski definition) is 0. The summed E-state index contributed by atoms with van der Waals surface area (Å²) in [6.45, 7) is 4.33. The van der Waals surface area contributed by atoms with Crippen LogP contribution in [0.25, 0.3) is 32.9 Å². The molecule has 0 saturated heterocycles. The smallest absolute Gasteiger partial charge is 0.176 e. The van der Waals surface area contributed by atoms with E-state index in [0.717, 1.165) is 10.6 Å². The molecule has 120 valence electrons. The van der Waals surface area contributed by atoms with Crippen LogP contribution in [0.2, 0.25) is 0 Å². The minimum absolute atomic E-state index is 0.300. The molecular weight excluding hydrogens is 321 g/mol. The van der Waals surface area contributed by atoms with Gasteiger partial charge in [0.2, 0.25) is 0 Å². The van der Waals surface area contributed by atoms with Gasteiger partial charge in [-0.1, -0.05) is 12.1 Å². The van der Waals surface area contributed by atoms with Gasteiger partial charge in [0.15, 0.2) is 5.82 Å². The van der Waals surface area contributed by atoms with Gasteiger partial charge in [-0.2, -0.15) is 4.37 Å². The van der Waals surface area contributed by atoms with Crippen LogP contribution in [0.3, 0.4) is 0 Å². The summed E-state index contributed by atoms with van der Waals surface area (Å²) in [6, 6.07) is 15.4. The number of aromatic nitrogens is 3. The van der Waals surface area contributed by atoms with E-state index in [0.29, 0.717) is 17.4 Å². The molecule has 0 aliphatic carbocycles. The first-order valence-corrected chi connectivity index (χ1v) is 8.60. The Bertz CT molecular complexity index is 1020. The van der Waals surface area contributed by atoms with Crippen LogP contribution in [0.5, 0.6) is 0 Å². The number of halogens is 1. The zero-order valence-electron chi connectivity index (χ0n) is 13.4. The third-order valence-corrected chi connectivity index (χ3v) is 4.83. The molecule has 3 nitrogen and oxygen atoms in total. The van der Waals surface area contributed by atoms with Crippen molar-refractivity contribution in [1.82, 2.24) is 13.9 Å². The summed E-state index contributed by atoms with van der Waals surface area (Å²) in [5, 5.41) is 1.97. The molecule has 0 aliphatic rings. The number of nitrogens with zero attached hydrogens (tertiary/aromatic N) is 3. The number of fused-ring (bicyclic) bond motifs is 1. The monoisotopic (exact) mass is 337 g/mol. The van der Waals surface area contributed by atoms with E-state index in [1.54, 1.807) is 18.2 Å². The van der Waals surface area contributed by atoms with Crippen molar-refractivity contribution in [2.75, 3.05) is 0 Å². The topological polar surface area (TPSA) is 30.7 Å². The lowest BCUT2D eigenvalue weighted by atomic mass is 10.1. The molecule has 2 aromatic heterocycles. The van der Waals surface area contributed by atoms with Gasteiger partial charge in [0.05, 0.1) is 5.56 Å². The molecule has 4 rings (SSSR count). The molecule has 5 heteroatoms. The second-order valence-electron chi connectivity index (χ2n) is 5.99. The molecule has 0 bridgehead atoms. The summed E-state index contributed by atoms with van der Waals surface area (Å²) < 4.78 is 20.5. The van der Waals surface area contributed by atoms with Gasteiger partial charge in [-0.05, 0) is 61.8 Å². The number of hydrogen-bond acceptors (Lipinski definition) is 3. The summed E-state index contributed by atoms with van der Waals surface area (Å²) >= 11 is 1.29. The molecule has 2 aromatic carbocycles. The standard InChI is InChI=1S/C19H16FN3S/c1-12(2)23-10-9-13-11-14(7-8-17(13)23)19-21-18(22-24-19)15-5-3-4-6-16(15)20/h3-12H,1-2H3. The van der Waals surface area contributed by atoms with Crippen molar-refractivity contribution >= 4 is 22.4 Å². The van der Waals surface area contributed by atoms with Crippen molar-refractivity contribution in [1.29, 1.82) is 0 Å². The van der Waals surface area contributed by atoms with E-state index in [2.05, 4.69) is 52.2 Å². The van der Waals surface area contributed by atoms with Gasteiger partial charge < -0.3 is 4.57 Å². The van der Waals surface area contributed by atoms with Crippen molar-refractivity contribution in [3.8, 4) is 22.0 Å². The Morgan fingerprint density at radius 3 is 2.71 bits per heavy atom. The van der Waals surface area contributed by atoms with Crippen LogP contribution < -0.4 is 0 Å². The lowest BCUT2D eigenvalue weighted by Crippen LogP contribution is -1.97. The van der Waals surface area contributed by atoms with Crippen molar-refractivity contribution in [2.24, 2.45) is 0 Å². The van der Waals surface area contributed by atoms with Crippen molar-refractivity contribution in [2.45, 2.75) is 19.9 Å². The Balaban J connectivity index is 1.75. The molecule has 0 aliphatic heterocycles. The quantitative estimate of drug-likeness (QED) is 0.491. The first kappa shape index (κ1) is 15.0. The van der Waals surface area contributed by atoms with Crippen LogP contribution in [0.15, 0.2) is 54.7 Å². The average Bonchev–Trinajstić information content (AvgIpc) is 3.21. The van der Waals surface area contributed by atoms with Gasteiger partial charge in [-0.25, -0.2) is 9.37 Å². The fourth-order valence-corrected chi connectivity index (χ4v) is 3.51. The molecule has 0 N–H and O–H groups in total. The number of benzene rings is 2. The van der Waals surface area contributed by atoms with E-state index in [-0.39, 0.29) is 5.82 Å². The lowest BCUT2D eigenvalue weighted by molar-refractivity contribution is 0.623. The maximum Gasteiger partial charge on any atom is 0.176 e. The zero-order valence-corrected chi connectivity index (χ0v) is 14.2. The van der Waals surface area contributed by atoms with Crippen LogP contribution in [-0.4, -0.2) is 13.9 Å². The van der Waals surface area contributed by atoms with Crippen molar-refractivity contribution < 1.29 is 4.39 Å². The highest BCUT2D eigenvalue weighted by Gasteiger charge is 2.13. The minimum Gasteiger partial charge on any atom is -0.345 e. The number of rotatable bonds is 3. The lowest BCUT2D eigenvalue weighted by Gasteiger charge is -2.09. The zero-order chi connectivity index (χ0) is 16.7. The van der Waals surface area contributed by atoms with E-state index in [4.69, 9.17) is 0 Å². The highest BCUT2D eigenvalue weighted by molar-refractivity contribution is 7.09. The molecule has 0 amide bonds. The fourth-order valence-electron chi connectivity index (χ4n) is 2.84. The molecule has 0 unspecified atom stereocenters. The van der Waals surface area contributed by atoms with Gasteiger partial charge >= 0.3 is 0 Å². The molecule has 0 spiro atoms.